The molecule has 0 aromatic carbocycles. The lowest BCUT2D eigenvalue weighted by Gasteiger charge is -2.19. The van der Waals surface area contributed by atoms with Gasteiger partial charge in [-0.25, -0.2) is 4.98 Å². The van der Waals surface area contributed by atoms with Crippen LogP contribution in [0.4, 0.5) is 0 Å². The van der Waals surface area contributed by atoms with E-state index in [-0.39, 0.29) is 11.4 Å². The molecule has 0 bridgehead atoms. The third-order valence-corrected chi connectivity index (χ3v) is 2.72. The Morgan fingerprint density at radius 1 is 1.57 bits per heavy atom. The molecule has 0 spiro atoms. The van der Waals surface area contributed by atoms with E-state index < -0.39 is 0 Å². The minimum Gasteiger partial charge on any atom is -0.395 e. The van der Waals surface area contributed by atoms with Gasteiger partial charge in [0.05, 0.1) is 11.6 Å². The highest BCUT2D eigenvalue weighted by Gasteiger charge is 2.18. The van der Waals surface area contributed by atoms with E-state index in [2.05, 4.69) is 4.98 Å². The van der Waals surface area contributed by atoms with Gasteiger partial charge in [-0.15, -0.1) is 0 Å². The monoisotopic (exact) mass is 208 g/mol. The molecule has 74 valence electrons. The van der Waals surface area contributed by atoms with Crippen LogP contribution >= 0.6 is 11.8 Å². The van der Waals surface area contributed by atoms with Gasteiger partial charge in [-0.05, 0) is 26.0 Å². The summed E-state index contributed by atoms with van der Waals surface area (Å²) in [7, 11) is 0. The summed E-state index contributed by atoms with van der Waals surface area (Å²) in [5.74, 6) is 0. The van der Waals surface area contributed by atoms with Crippen LogP contribution in [-0.4, -0.2) is 21.4 Å². The minimum atomic E-state index is -0.263. The molecule has 4 heteroatoms. The number of nitriles is 1. The first kappa shape index (κ1) is 11.0. The van der Waals surface area contributed by atoms with Crippen molar-refractivity contribution in [2.24, 2.45) is 0 Å². The molecule has 1 aromatic heterocycles. The summed E-state index contributed by atoms with van der Waals surface area (Å²) in [5, 5.41) is 18.5. The molecule has 14 heavy (non-hydrogen) atoms. The highest BCUT2D eigenvalue weighted by molar-refractivity contribution is 8.00. The van der Waals surface area contributed by atoms with Crippen LogP contribution in [0.25, 0.3) is 0 Å². The Kier molecular flexibility index (Phi) is 3.50. The van der Waals surface area contributed by atoms with Crippen molar-refractivity contribution >= 4 is 11.8 Å². The molecule has 0 unspecified atom stereocenters. The molecule has 0 saturated carbocycles. The Bertz CT molecular complexity index is 357. The average Bonchev–Trinajstić information content (AvgIpc) is 2.17. The molecule has 0 fully saturated rings. The molecule has 0 aliphatic carbocycles. The van der Waals surface area contributed by atoms with Crippen LogP contribution in [0, 0.1) is 11.3 Å². The van der Waals surface area contributed by atoms with Crippen molar-refractivity contribution in [1.29, 1.82) is 5.26 Å². The highest BCUT2D eigenvalue weighted by atomic mass is 32.2. The van der Waals surface area contributed by atoms with Gasteiger partial charge < -0.3 is 5.11 Å². The van der Waals surface area contributed by atoms with Crippen LogP contribution in [0.15, 0.2) is 23.2 Å². The Morgan fingerprint density at radius 2 is 2.29 bits per heavy atom. The van der Waals surface area contributed by atoms with Crippen molar-refractivity contribution < 1.29 is 5.11 Å². The first-order valence-corrected chi connectivity index (χ1v) is 5.06. The Hall–Kier alpha value is -1.05. The SMILES string of the molecule is CC(C)(CO)Sc1cccc(C#N)n1. The van der Waals surface area contributed by atoms with Crippen LogP contribution < -0.4 is 0 Å². The van der Waals surface area contributed by atoms with E-state index >= 15 is 0 Å². The van der Waals surface area contributed by atoms with Gasteiger partial charge in [-0.3, -0.25) is 0 Å². The number of aliphatic hydroxyl groups excluding tert-OH is 1. The molecule has 1 rings (SSSR count). The van der Waals surface area contributed by atoms with Crippen molar-refractivity contribution in [3.8, 4) is 6.07 Å². The summed E-state index contributed by atoms with van der Waals surface area (Å²) in [4.78, 5) is 4.12. The molecular weight excluding hydrogens is 196 g/mol. The topological polar surface area (TPSA) is 56.9 Å². The number of aromatic nitrogens is 1. The lowest BCUT2D eigenvalue weighted by molar-refractivity contribution is 0.265. The number of aliphatic hydroxyl groups is 1. The number of rotatable bonds is 3. The first-order chi connectivity index (χ1) is 6.57. The third-order valence-electron chi connectivity index (χ3n) is 1.60. The Morgan fingerprint density at radius 3 is 2.86 bits per heavy atom. The Balaban J connectivity index is 2.83. The number of hydrogen-bond acceptors (Lipinski definition) is 4. The maximum absolute atomic E-state index is 9.07. The highest BCUT2D eigenvalue weighted by Crippen LogP contribution is 2.30. The molecular formula is C10H12N2OS. The minimum absolute atomic E-state index is 0.0795. The van der Waals surface area contributed by atoms with Gasteiger partial charge in [-0.1, -0.05) is 17.8 Å². The van der Waals surface area contributed by atoms with Crippen LogP contribution in [0.1, 0.15) is 19.5 Å². The van der Waals surface area contributed by atoms with E-state index in [1.165, 1.54) is 11.8 Å². The van der Waals surface area contributed by atoms with Crippen molar-refractivity contribution in [2.75, 3.05) is 6.61 Å². The predicted octanol–water partition coefficient (Wildman–Crippen LogP) is 1.82. The summed E-state index contributed by atoms with van der Waals surface area (Å²) >= 11 is 1.46. The molecule has 1 heterocycles. The molecule has 3 nitrogen and oxygen atoms in total. The van der Waals surface area contributed by atoms with Crippen LogP contribution in [0.3, 0.4) is 0 Å². The summed E-state index contributed by atoms with van der Waals surface area (Å²) in [6, 6.07) is 7.28. The third kappa shape index (κ3) is 3.02. The summed E-state index contributed by atoms with van der Waals surface area (Å²) < 4.78 is -0.263. The number of pyridine rings is 1. The van der Waals surface area contributed by atoms with Gasteiger partial charge in [0.15, 0.2) is 0 Å². The molecule has 0 aliphatic heterocycles. The lowest BCUT2D eigenvalue weighted by atomic mass is 10.2. The van der Waals surface area contributed by atoms with Crippen molar-refractivity contribution in [2.45, 2.75) is 23.6 Å². The number of thioether (sulfide) groups is 1. The second kappa shape index (κ2) is 4.45. The summed E-state index contributed by atoms with van der Waals surface area (Å²) in [6.45, 7) is 3.94. The molecule has 0 atom stereocenters. The van der Waals surface area contributed by atoms with Gasteiger partial charge >= 0.3 is 0 Å². The fraction of sp³-hybridized carbons (Fsp3) is 0.400. The standard InChI is InChI=1S/C10H12N2OS/c1-10(2,7-13)14-9-5-3-4-8(6-11)12-9/h3-5,13H,7H2,1-2H3. The lowest BCUT2D eigenvalue weighted by Crippen LogP contribution is -2.19. The predicted molar refractivity (Wildman–Crippen MR) is 56.0 cm³/mol. The van der Waals surface area contributed by atoms with E-state index in [1.54, 1.807) is 12.1 Å². The van der Waals surface area contributed by atoms with Gasteiger partial charge in [0.1, 0.15) is 11.8 Å². The van der Waals surface area contributed by atoms with Crippen molar-refractivity contribution in [1.82, 2.24) is 4.98 Å². The maximum Gasteiger partial charge on any atom is 0.141 e. The van der Waals surface area contributed by atoms with Gasteiger partial charge in [0.25, 0.3) is 0 Å². The fourth-order valence-electron chi connectivity index (χ4n) is 0.849. The van der Waals surface area contributed by atoms with Gasteiger partial charge in [0.2, 0.25) is 0 Å². The average molecular weight is 208 g/mol. The summed E-state index contributed by atoms with van der Waals surface area (Å²) in [6.07, 6.45) is 0. The zero-order chi connectivity index (χ0) is 10.6. The Labute approximate surface area is 87.8 Å². The fourth-order valence-corrected chi connectivity index (χ4v) is 1.77. The molecule has 1 N–H and O–H groups in total. The first-order valence-electron chi connectivity index (χ1n) is 4.24. The largest absolute Gasteiger partial charge is 0.395 e. The molecule has 0 radical (unpaired) electrons. The zero-order valence-corrected chi connectivity index (χ0v) is 9.01. The van der Waals surface area contributed by atoms with Crippen LogP contribution in [-0.2, 0) is 0 Å². The number of nitrogens with zero attached hydrogens (tertiary/aromatic N) is 2. The molecule has 0 saturated heterocycles. The van der Waals surface area contributed by atoms with E-state index in [9.17, 15) is 0 Å². The van der Waals surface area contributed by atoms with Gasteiger partial charge in [0, 0.05) is 4.75 Å². The van der Waals surface area contributed by atoms with E-state index in [0.29, 0.717) is 5.69 Å². The van der Waals surface area contributed by atoms with E-state index in [0.717, 1.165) is 5.03 Å². The smallest absolute Gasteiger partial charge is 0.141 e. The van der Waals surface area contributed by atoms with Crippen molar-refractivity contribution in [3.63, 3.8) is 0 Å². The maximum atomic E-state index is 9.07. The van der Waals surface area contributed by atoms with Crippen LogP contribution in [0.5, 0.6) is 0 Å². The van der Waals surface area contributed by atoms with Crippen LogP contribution in [0.2, 0.25) is 0 Å². The van der Waals surface area contributed by atoms with Gasteiger partial charge in [-0.2, -0.15) is 5.26 Å². The van der Waals surface area contributed by atoms with E-state index in [1.807, 2.05) is 26.0 Å². The second-order valence-electron chi connectivity index (χ2n) is 3.49. The molecule has 1 aromatic rings. The summed E-state index contributed by atoms with van der Waals surface area (Å²) in [5.41, 5.74) is 0.406. The molecule has 0 aliphatic rings. The normalized spacial score (nSPS) is 11.0. The number of hydrogen-bond donors (Lipinski definition) is 1. The second-order valence-corrected chi connectivity index (χ2v) is 5.22. The van der Waals surface area contributed by atoms with Crippen molar-refractivity contribution in [3.05, 3.63) is 23.9 Å². The van der Waals surface area contributed by atoms with E-state index in [4.69, 9.17) is 10.4 Å². The zero-order valence-electron chi connectivity index (χ0n) is 8.19. The molecule has 0 amide bonds. The quantitative estimate of drug-likeness (QED) is 0.770.